The van der Waals surface area contributed by atoms with Crippen LogP contribution in [0.5, 0.6) is 0 Å². The minimum Gasteiger partial charge on any atom is -0.432 e. The van der Waals surface area contributed by atoms with Gasteiger partial charge in [-0.2, -0.15) is 0 Å². The highest BCUT2D eigenvalue weighted by atomic mass is 35.5. The van der Waals surface area contributed by atoms with Gasteiger partial charge in [-0.3, -0.25) is 0 Å². The lowest BCUT2D eigenvalue weighted by Gasteiger charge is -1.87. The lowest BCUT2D eigenvalue weighted by molar-refractivity contribution is 0.550. The number of rotatable bonds is 1. The molecule has 4 aromatic rings. The van der Waals surface area contributed by atoms with Crippen molar-refractivity contribution in [2.45, 2.75) is 0 Å². The Balaban J connectivity index is 1.96. The van der Waals surface area contributed by atoms with Gasteiger partial charge in [0.1, 0.15) is 11.0 Å². The fourth-order valence-corrected chi connectivity index (χ4v) is 2.18. The Bertz CT molecular complexity index is 862. The fraction of sp³-hybridized carbons (Fsp3) is 0. The van der Waals surface area contributed by atoms with Gasteiger partial charge in [-0.25, -0.2) is 9.97 Å². The second-order valence-corrected chi connectivity index (χ2v) is 4.50. The van der Waals surface area contributed by atoms with Gasteiger partial charge in [0.2, 0.25) is 0 Å². The summed E-state index contributed by atoms with van der Waals surface area (Å²) in [5.74, 6) is 0.688. The molecule has 0 saturated heterocycles. The fourth-order valence-electron chi connectivity index (χ4n) is 1.97. The van der Waals surface area contributed by atoms with E-state index in [1.807, 2.05) is 36.4 Å². The van der Waals surface area contributed by atoms with Crippen LogP contribution in [0.2, 0.25) is 5.02 Å². The second-order valence-electron chi connectivity index (χ2n) is 4.09. The molecule has 0 fully saturated rings. The molecule has 0 aliphatic heterocycles. The van der Waals surface area contributed by atoms with Gasteiger partial charge in [-0.1, -0.05) is 29.8 Å². The van der Waals surface area contributed by atoms with Gasteiger partial charge >= 0.3 is 0 Å². The molecule has 0 aliphatic rings. The van der Waals surface area contributed by atoms with Crippen molar-refractivity contribution in [3.63, 3.8) is 0 Å². The van der Waals surface area contributed by atoms with Crippen LogP contribution in [0.25, 0.3) is 34.0 Å². The molecule has 0 bridgehead atoms. The van der Waals surface area contributed by atoms with Crippen molar-refractivity contribution in [1.82, 2.24) is 9.97 Å². The lowest BCUT2D eigenvalue weighted by Crippen LogP contribution is -1.75. The first-order valence-electron chi connectivity index (χ1n) is 5.72. The topological polar surface area (TPSA) is 52.1 Å². The molecule has 0 unspecified atom stereocenters. The van der Waals surface area contributed by atoms with Crippen molar-refractivity contribution in [2.75, 3.05) is 0 Å². The standard InChI is InChI=1S/C14H7ClN2O2/c15-8-4-3-6-10-12(8)19-14(17-10)13-16-9-5-1-2-7-11(9)18-13/h1-7H. The normalized spacial score (nSPS) is 11.4. The number of nitrogens with zero attached hydrogens (tertiary/aromatic N) is 2. The molecule has 0 N–H and O–H groups in total. The van der Waals surface area contributed by atoms with Gasteiger partial charge in [0.15, 0.2) is 11.2 Å². The molecule has 0 amide bonds. The predicted octanol–water partition coefficient (Wildman–Crippen LogP) is 4.29. The highest BCUT2D eigenvalue weighted by Crippen LogP contribution is 2.30. The molecule has 0 radical (unpaired) electrons. The Kier molecular flexibility index (Phi) is 2.13. The van der Waals surface area contributed by atoms with Crippen LogP contribution in [0.4, 0.5) is 0 Å². The molecule has 19 heavy (non-hydrogen) atoms. The summed E-state index contributed by atoms with van der Waals surface area (Å²) in [6.07, 6.45) is 0. The minimum absolute atomic E-state index is 0.333. The SMILES string of the molecule is Clc1cccc2nc(-c3nc4ccccc4o3)oc12. The van der Waals surface area contributed by atoms with E-state index in [0.29, 0.717) is 33.5 Å². The molecule has 5 heteroatoms. The molecule has 0 aliphatic carbocycles. The summed E-state index contributed by atoms with van der Waals surface area (Å²) < 4.78 is 11.2. The maximum atomic E-state index is 6.05. The van der Waals surface area contributed by atoms with E-state index in [4.69, 9.17) is 20.4 Å². The zero-order valence-corrected chi connectivity index (χ0v) is 10.4. The maximum absolute atomic E-state index is 6.05. The average Bonchev–Trinajstić information content (AvgIpc) is 3.02. The molecular weight excluding hydrogens is 264 g/mol. The number of aromatic nitrogens is 2. The van der Waals surface area contributed by atoms with Gasteiger partial charge in [0.05, 0.1) is 5.02 Å². The quantitative estimate of drug-likeness (QED) is 0.518. The highest BCUT2D eigenvalue weighted by Gasteiger charge is 2.15. The van der Waals surface area contributed by atoms with Crippen LogP contribution in [0.15, 0.2) is 51.3 Å². The number of para-hydroxylation sites is 3. The number of benzene rings is 2. The van der Waals surface area contributed by atoms with E-state index < -0.39 is 0 Å². The molecule has 2 heterocycles. The van der Waals surface area contributed by atoms with Crippen LogP contribution in [0.1, 0.15) is 0 Å². The van der Waals surface area contributed by atoms with Crippen LogP contribution in [-0.2, 0) is 0 Å². The first kappa shape index (κ1) is 10.6. The predicted molar refractivity (Wildman–Crippen MR) is 72.0 cm³/mol. The number of oxazole rings is 2. The molecule has 4 nitrogen and oxygen atoms in total. The van der Waals surface area contributed by atoms with Gasteiger partial charge < -0.3 is 8.83 Å². The molecule has 2 aromatic heterocycles. The van der Waals surface area contributed by atoms with Gasteiger partial charge in [0.25, 0.3) is 11.8 Å². The third-order valence-corrected chi connectivity index (χ3v) is 3.14. The van der Waals surface area contributed by atoms with Crippen molar-refractivity contribution in [1.29, 1.82) is 0 Å². The zero-order valence-electron chi connectivity index (χ0n) is 9.63. The van der Waals surface area contributed by atoms with E-state index in [9.17, 15) is 0 Å². The number of halogens is 1. The average molecular weight is 271 g/mol. The molecular formula is C14H7ClN2O2. The minimum atomic E-state index is 0.333. The van der Waals surface area contributed by atoms with Crippen LogP contribution in [0, 0.1) is 0 Å². The summed E-state index contributed by atoms with van der Waals surface area (Å²) in [5, 5.41) is 0.521. The van der Waals surface area contributed by atoms with E-state index in [2.05, 4.69) is 9.97 Å². The van der Waals surface area contributed by atoms with Crippen LogP contribution in [0.3, 0.4) is 0 Å². The van der Waals surface area contributed by atoms with E-state index >= 15 is 0 Å². The maximum Gasteiger partial charge on any atom is 0.284 e. The van der Waals surface area contributed by atoms with Gasteiger partial charge in [-0.15, -0.1) is 0 Å². The molecule has 92 valence electrons. The molecule has 0 atom stereocenters. The summed E-state index contributed by atoms with van der Waals surface area (Å²) >= 11 is 6.05. The van der Waals surface area contributed by atoms with E-state index in [1.54, 1.807) is 6.07 Å². The second kappa shape index (κ2) is 3.83. The Hall–Kier alpha value is -2.33. The molecule has 0 saturated carbocycles. The highest BCUT2D eigenvalue weighted by molar-refractivity contribution is 6.34. The smallest absolute Gasteiger partial charge is 0.284 e. The lowest BCUT2D eigenvalue weighted by atomic mass is 10.3. The van der Waals surface area contributed by atoms with Crippen molar-refractivity contribution in [3.05, 3.63) is 47.5 Å². The largest absolute Gasteiger partial charge is 0.432 e. The van der Waals surface area contributed by atoms with Gasteiger partial charge in [0, 0.05) is 0 Å². The van der Waals surface area contributed by atoms with Crippen molar-refractivity contribution in [2.24, 2.45) is 0 Å². The Morgan fingerprint density at radius 3 is 2.37 bits per heavy atom. The summed E-state index contributed by atoms with van der Waals surface area (Å²) in [4.78, 5) is 8.67. The Morgan fingerprint density at radius 1 is 0.789 bits per heavy atom. The molecule has 0 spiro atoms. The first-order chi connectivity index (χ1) is 9.31. The Morgan fingerprint density at radius 2 is 1.53 bits per heavy atom. The molecule has 2 aromatic carbocycles. The third kappa shape index (κ3) is 1.61. The van der Waals surface area contributed by atoms with Crippen LogP contribution < -0.4 is 0 Å². The van der Waals surface area contributed by atoms with E-state index in [1.165, 1.54) is 0 Å². The van der Waals surface area contributed by atoms with E-state index in [-0.39, 0.29) is 0 Å². The molecule has 4 rings (SSSR count). The number of hydrogen-bond acceptors (Lipinski definition) is 4. The zero-order chi connectivity index (χ0) is 12.8. The van der Waals surface area contributed by atoms with Crippen LogP contribution in [-0.4, -0.2) is 9.97 Å². The number of fused-ring (bicyclic) bond motifs is 2. The third-order valence-electron chi connectivity index (χ3n) is 2.84. The summed E-state index contributed by atoms with van der Waals surface area (Å²) in [5.41, 5.74) is 2.70. The van der Waals surface area contributed by atoms with E-state index in [0.717, 1.165) is 5.52 Å². The van der Waals surface area contributed by atoms with Crippen molar-refractivity contribution < 1.29 is 8.83 Å². The monoisotopic (exact) mass is 270 g/mol. The summed E-state index contributed by atoms with van der Waals surface area (Å²) in [7, 11) is 0. The van der Waals surface area contributed by atoms with Crippen molar-refractivity contribution in [3.8, 4) is 11.8 Å². The van der Waals surface area contributed by atoms with Crippen molar-refractivity contribution >= 4 is 33.8 Å². The van der Waals surface area contributed by atoms with Crippen LogP contribution >= 0.6 is 11.6 Å². The Labute approximate surface area is 112 Å². The first-order valence-corrected chi connectivity index (χ1v) is 6.10. The summed E-state index contributed by atoms with van der Waals surface area (Å²) in [6, 6.07) is 12.9. The number of hydrogen-bond donors (Lipinski definition) is 0. The summed E-state index contributed by atoms with van der Waals surface area (Å²) in [6.45, 7) is 0. The van der Waals surface area contributed by atoms with Gasteiger partial charge in [-0.05, 0) is 24.3 Å².